The van der Waals surface area contributed by atoms with Crippen molar-refractivity contribution in [2.24, 2.45) is 11.8 Å². The van der Waals surface area contributed by atoms with E-state index in [1.54, 1.807) is 0 Å². The molecule has 1 fully saturated rings. The first-order valence-electron chi connectivity index (χ1n) is 6.59. The molecule has 0 aromatic carbocycles. The quantitative estimate of drug-likeness (QED) is 0.761. The summed E-state index contributed by atoms with van der Waals surface area (Å²) in [6.07, 6.45) is 3.78. The monoisotopic (exact) mass is 233 g/mol. The van der Waals surface area contributed by atoms with E-state index < -0.39 is 5.92 Å². The Balaban J connectivity index is 2.55. The first kappa shape index (κ1) is 13.9. The fourth-order valence-electron chi connectivity index (χ4n) is 3.07. The number of hydrogen-bond acceptors (Lipinski definition) is 1. The third-order valence-corrected chi connectivity index (χ3v) is 4.16. The maximum Gasteiger partial charge on any atom is 0.248 e. The minimum Gasteiger partial charge on any atom is -0.316 e. The van der Waals surface area contributed by atoms with E-state index in [-0.39, 0.29) is 12.8 Å². The number of rotatable bonds is 5. The standard InChI is InChI=1S/C13H25F2N/c1-4-10(5-2)12(16-3)11-6-8-13(14,15)9-7-11/h10-12,16H,4-9H2,1-3H3. The summed E-state index contributed by atoms with van der Waals surface area (Å²) in [5.41, 5.74) is 0. The smallest absolute Gasteiger partial charge is 0.248 e. The molecule has 1 aliphatic rings. The van der Waals surface area contributed by atoms with Gasteiger partial charge in [0.2, 0.25) is 5.92 Å². The number of alkyl halides is 2. The number of halogens is 2. The van der Waals surface area contributed by atoms with E-state index in [0.717, 1.165) is 12.8 Å². The van der Waals surface area contributed by atoms with E-state index in [9.17, 15) is 8.78 Å². The minimum absolute atomic E-state index is 0.0794. The Morgan fingerprint density at radius 2 is 1.69 bits per heavy atom. The van der Waals surface area contributed by atoms with Crippen molar-refractivity contribution in [3.63, 3.8) is 0 Å². The molecule has 0 spiro atoms. The molecule has 1 nitrogen and oxygen atoms in total. The van der Waals surface area contributed by atoms with E-state index in [2.05, 4.69) is 19.2 Å². The summed E-state index contributed by atoms with van der Waals surface area (Å²) in [6, 6.07) is 0.422. The molecule has 1 saturated carbocycles. The fraction of sp³-hybridized carbons (Fsp3) is 1.00. The second-order valence-electron chi connectivity index (χ2n) is 5.08. The van der Waals surface area contributed by atoms with Crippen molar-refractivity contribution in [2.45, 2.75) is 64.3 Å². The lowest BCUT2D eigenvalue weighted by molar-refractivity contribution is -0.0518. The van der Waals surface area contributed by atoms with Gasteiger partial charge in [-0.2, -0.15) is 0 Å². The third-order valence-electron chi connectivity index (χ3n) is 4.16. The lowest BCUT2D eigenvalue weighted by Crippen LogP contribution is -2.43. The third kappa shape index (κ3) is 3.41. The van der Waals surface area contributed by atoms with Gasteiger partial charge in [-0.3, -0.25) is 0 Å². The van der Waals surface area contributed by atoms with Crippen LogP contribution in [0.2, 0.25) is 0 Å². The van der Waals surface area contributed by atoms with Crippen molar-refractivity contribution in [1.29, 1.82) is 0 Å². The van der Waals surface area contributed by atoms with Crippen molar-refractivity contribution in [3.05, 3.63) is 0 Å². The normalized spacial score (nSPS) is 23.6. The highest BCUT2D eigenvalue weighted by Gasteiger charge is 2.38. The highest BCUT2D eigenvalue weighted by molar-refractivity contribution is 4.87. The summed E-state index contributed by atoms with van der Waals surface area (Å²) in [4.78, 5) is 0. The van der Waals surface area contributed by atoms with Gasteiger partial charge in [-0.1, -0.05) is 26.7 Å². The predicted octanol–water partition coefficient (Wildman–Crippen LogP) is 3.84. The van der Waals surface area contributed by atoms with Crippen molar-refractivity contribution in [2.75, 3.05) is 7.05 Å². The average molecular weight is 233 g/mol. The molecular weight excluding hydrogens is 208 g/mol. The maximum atomic E-state index is 13.1. The number of hydrogen-bond donors (Lipinski definition) is 1. The Labute approximate surface area is 98.0 Å². The van der Waals surface area contributed by atoms with Crippen molar-refractivity contribution in [1.82, 2.24) is 5.32 Å². The SMILES string of the molecule is CCC(CC)C(NC)C1CCC(F)(F)CC1. The molecule has 0 saturated heterocycles. The summed E-state index contributed by atoms with van der Waals surface area (Å²) in [6.45, 7) is 4.38. The van der Waals surface area contributed by atoms with Crippen LogP contribution in [0, 0.1) is 11.8 Å². The first-order valence-corrected chi connectivity index (χ1v) is 6.59. The van der Waals surface area contributed by atoms with Gasteiger partial charge in [0.15, 0.2) is 0 Å². The second kappa shape index (κ2) is 5.95. The molecule has 0 radical (unpaired) electrons. The van der Waals surface area contributed by atoms with Crippen molar-refractivity contribution < 1.29 is 8.78 Å². The van der Waals surface area contributed by atoms with E-state index >= 15 is 0 Å². The average Bonchev–Trinajstić information content (AvgIpc) is 2.26. The van der Waals surface area contributed by atoms with Gasteiger partial charge in [0.1, 0.15) is 0 Å². The molecule has 0 amide bonds. The van der Waals surface area contributed by atoms with E-state index in [4.69, 9.17) is 0 Å². The number of nitrogens with one attached hydrogen (secondary N) is 1. The summed E-state index contributed by atoms with van der Waals surface area (Å²) >= 11 is 0. The van der Waals surface area contributed by atoms with Crippen LogP contribution in [0.5, 0.6) is 0 Å². The summed E-state index contributed by atoms with van der Waals surface area (Å²) in [7, 11) is 1.97. The lowest BCUT2D eigenvalue weighted by atomic mass is 9.76. The van der Waals surface area contributed by atoms with E-state index in [1.807, 2.05) is 7.05 Å². The van der Waals surface area contributed by atoms with E-state index in [1.165, 1.54) is 0 Å². The van der Waals surface area contributed by atoms with Gasteiger partial charge < -0.3 is 5.32 Å². The van der Waals surface area contributed by atoms with Crippen molar-refractivity contribution in [3.8, 4) is 0 Å². The zero-order chi connectivity index (χ0) is 12.2. The van der Waals surface area contributed by atoms with Gasteiger partial charge in [-0.05, 0) is 31.7 Å². The molecule has 3 heteroatoms. The Morgan fingerprint density at radius 3 is 2.06 bits per heavy atom. The van der Waals surface area contributed by atoms with Crippen LogP contribution in [-0.4, -0.2) is 19.0 Å². The highest BCUT2D eigenvalue weighted by Crippen LogP contribution is 2.39. The Hall–Kier alpha value is -0.180. The Bertz CT molecular complexity index is 192. The predicted molar refractivity (Wildman–Crippen MR) is 63.8 cm³/mol. The lowest BCUT2D eigenvalue weighted by Gasteiger charge is -2.37. The molecule has 1 unspecified atom stereocenters. The second-order valence-corrected chi connectivity index (χ2v) is 5.08. The summed E-state index contributed by atoms with van der Waals surface area (Å²) < 4.78 is 26.2. The van der Waals surface area contributed by atoms with Gasteiger partial charge in [-0.25, -0.2) is 8.78 Å². The fourth-order valence-corrected chi connectivity index (χ4v) is 3.07. The molecule has 96 valence electrons. The molecule has 1 atom stereocenters. The Kier molecular flexibility index (Phi) is 5.16. The van der Waals surface area contributed by atoms with Gasteiger partial charge in [0.25, 0.3) is 0 Å². The Morgan fingerprint density at radius 1 is 1.19 bits per heavy atom. The molecule has 0 bridgehead atoms. The topological polar surface area (TPSA) is 12.0 Å². The van der Waals surface area contributed by atoms with Crippen LogP contribution in [0.25, 0.3) is 0 Å². The van der Waals surface area contributed by atoms with Gasteiger partial charge in [0.05, 0.1) is 0 Å². The van der Waals surface area contributed by atoms with Gasteiger partial charge in [-0.15, -0.1) is 0 Å². The van der Waals surface area contributed by atoms with E-state index in [0.29, 0.717) is 30.7 Å². The van der Waals surface area contributed by atoms with Gasteiger partial charge in [0, 0.05) is 18.9 Å². The zero-order valence-corrected chi connectivity index (χ0v) is 10.7. The van der Waals surface area contributed by atoms with Crippen molar-refractivity contribution >= 4 is 0 Å². The summed E-state index contributed by atoms with van der Waals surface area (Å²) in [5.74, 6) is -1.33. The molecule has 1 rings (SSSR count). The van der Waals surface area contributed by atoms with Gasteiger partial charge >= 0.3 is 0 Å². The maximum absolute atomic E-state index is 13.1. The van der Waals surface area contributed by atoms with Crippen LogP contribution in [0.3, 0.4) is 0 Å². The van der Waals surface area contributed by atoms with Crippen LogP contribution in [-0.2, 0) is 0 Å². The molecule has 0 aliphatic heterocycles. The first-order chi connectivity index (χ1) is 7.54. The summed E-state index contributed by atoms with van der Waals surface area (Å²) in [5, 5.41) is 3.36. The van der Waals surface area contributed by atoms with Crippen LogP contribution in [0.4, 0.5) is 8.78 Å². The molecule has 0 aromatic heterocycles. The molecule has 0 heterocycles. The largest absolute Gasteiger partial charge is 0.316 e. The van der Waals surface area contributed by atoms with Crippen LogP contribution in [0.1, 0.15) is 52.4 Å². The molecule has 0 aromatic rings. The van der Waals surface area contributed by atoms with Crippen LogP contribution < -0.4 is 5.32 Å². The highest BCUT2D eigenvalue weighted by atomic mass is 19.3. The van der Waals surface area contributed by atoms with Crippen LogP contribution >= 0.6 is 0 Å². The zero-order valence-electron chi connectivity index (χ0n) is 10.7. The molecule has 1 N–H and O–H groups in total. The molecule has 1 aliphatic carbocycles. The van der Waals surface area contributed by atoms with Crippen LogP contribution in [0.15, 0.2) is 0 Å². The minimum atomic E-state index is -2.40. The molecule has 16 heavy (non-hydrogen) atoms. The molecular formula is C13H25F2N.